The highest BCUT2D eigenvalue weighted by atomic mass is 32.1. The van der Waals surface area contributed by atoms with E-state index < -0.39 is 5.54 Å². The maximum Gasteiger partial charge on any atom is 0.137 e. The molecule has 0 saturated carbocycles. The number of hydrogen-bond acceptors (Lipinski definition) is 4. The SMILES string of the molecule is CC(N)(CO)CCc1sc(CCCCOCc2ccccc2)cc1F. The summed E-state index contributed by atoms with van der Waals surface area (Å²) in [6, 6.07) is 11.8. The van der Waals surface area contributed by atoms with Crippen LogP contribution >= 0.6 is 11.3 Å². The zero-order chi connectivity index (χ0) is 18.1. The highest BCUT2D eigenvalue weighted by Crippen LogP contribution is 2.25. The lowest BCUT2D eigenvalue weighted by atomic mass is 9.98. The number of ether oxygens (including phenoxy) is 1. The van der Waals surface area contributed by atoms with Crippen LogP contribution in [0.5, 0.6) is 0 Å². The Hall–Kier alpha value is -1.27. The molecule has 3 N–H and O–H groups in total. The molecule has 138 valence electrons. The Morgan fingerprint density at radius 2 is 1.96 bits per heavy atom. The van der Waals surface area contributed by atoms with Gasteiger partial charge in [0, 0.05) is 21.9 Å². The van der Waals surface area contributed by atoms with Crippen molar-refractivity contribution in [3.8, 4) is 0 Å². The topological polar surface area (TPSA) is 55.5 Å². The van der Waals surface area contributed by atoms with Crippen molar-refractivity contribution < 1.29 is 14.2 Å². The molecule has 0 aliphatic rings. The van der Waals surface area contributed by atoms with Gasteiger partial charge in [-0.15, -0.1) is 11.3 Å². The van der Waals surface area contributed by atoms with E-state index in [0.29, 0.717) is 19.4 Å². The van der Waals surface area contributed by atoms with Gasteiger partial charge in [0.05, 0.1) is 13.2 Å². The van der Waals surface area contributed by atoms with Gasteiger partial charge in [-0.1, -0.05) is 30.3 Å². The van der Waals surface area contributed by atoms with Crippen LogP contribution in [0.3, 0.4) is 0 Å². The molecular weight excluding hydrogens is 337 g/mol. The van der Waals surface area contributed by atoms with Crippen molar-refractivity contribution in [2.24, 2.45) is 5.73 Å². The minimum Gasteiger partial charge on any atom is -0.394 e. The molecule has 0 aliphatic heterocycles. The third-order valence-electron chi connectivity index (χ3n) is 4.17. The van der Waals surface area contributed by atoms with Crippen LogP contribution in [0.1, 0.15) is 41.5 Å². The number of aryl methyl sites for hydroxylation is 2. The third-order valence-corrected chi connectivity index (χ3v) is 5.40. The minimum atomic E-state index is -0.646. The largest absolute Gasteiger partial charge is 0.394 e. The van der Waals surface area contributed by atoms with E-state index in [4.69, 9.17) is 10.5 Å². The Balaban J connectivity index is 1.65. The van der Waals surface area contributed by atoms with Gasteiger partial charge in [-0.3, -0.25) is 0 Å². The standard InChI is InChI=1S/C20H28FNO2S/c1-20(22,15-23)11-10-19-18(21)13-17(25-19)9-5-6-12-24-14-16-7-3-2-4-8-16/h2-4,7-8,13,23H,5-6,9-12,14-15,22H2,1H3. The highest BCUT2D eigenvalue weighted by molar-refractivity contribution is 7.12. The average Bonchev–Trinajstić information content (AvgIpc) is 2.97. The molecule has 1 aromatic carbocycles. The zero-order valence-electron chi connectivity index (χ0n) is 14.8. The van der Waals surface area contributed by atoms with Gasteiger partial charge in [0.25, 0.3) is 0 Å². The summed E-state index contributed by atoms with van der Waals surface area (Å²) in [5.41, 5.74) is 6.44. The smallest absolute Gasteiger partial charge is 0.137 e. The van der Waals surface area contributed by atoms with Gasteiger partial charge < -0.3 is 15.6 Å². The first-order chi connectivity index (χ1) is 12.0. The first kappa shape index (κ1) is 20.0. The number of aliphatic hydroxyl groups excluding tert-OH is 1. The first-order valence-electron chi connectivity index (χ1n) is 8.79. The molecule has 0 aliphatic carbocycles. The quantitative estimate of drug-likeness (QED) is 0.590. The second-order valence-electron chi connectivity index (χ2n) is 6.79. The van der Waals surface area contributed by atoms with Crippen molar-refractivity contribution in [1.29, 1.82) is 0 Å². The van der Waals surface area contributed by atoms with Crippen LogP contribution in [0.15, 0.2) is 36.4 Å². The number of aliphatic hydroxyl groups is 1. The van der Waals surface area contributed by atoms with Crippen LogP contribution in [-0.4, -0.2) is 23.9 Å². The fourth-order valence-corrected chi connectivity index (χ4v) is 3.58. The van der Waals surface area contributed by atoms with E-state index in [-0.39, 0.29) is 12.4 Å². The average molecular weight is 366 g/mol. The Morgan fingerprint density at radius 3 is 2.68 bits per heavy atom. The maximum atomic E-state index is 14.0. The van der Waals surface area contributed by atoms with E-state index in [0.717, 1.165) is 35.6 Å². The second kappa shape index (κ2) is 10.0. The molecule has 0 amide bonds. The van der Waals surface area contributed by atoms with Crippen molar-refractivity contribution in [1.82, 2.24) is 0 Å². The molecule has 0 fully saturated rings. The molecule has 2 aromatic rings. The second-order valence-corrected chi connectivity index (χ2v) is 8.01. The number of nitrogens with two attached hydrogens (primary N) is 1. The molecule has 1 heterocycles. The van der Waals surface area contributed by atoms with E-state index in [1.54, 1.807) is 13.0 Å². The predicted octanol–water partition coefficient (Wildman–Crippen LogP) is 4.07. The van der Waals surface area contributed by atoms with Crippen molar-refractivity contribution in [3.63, 3.8) is 0 Å². The van der Waals surface area contributed by atoms with Gasteiger partial charge in [0.1, 0.15) is 5.82 Å². The molecule has 0 saturated heterocycles. The highest BCUT2D eigenvalue weighted by Gasteiger charge is 2.18. The molecule has 1 unspecified atom stereocenters. The lowest BCUT2D eigenvalue weighted by Gasteiger charge is -2.20. The normalized spacial score (nSPS) is 13.8. The van der Waals surface area contributed by atoms with Gasteiger partial charge in [0.15, 0.2) is 0 Å². The van der Waals surface area contributed by atoms with Crippen LogP contribution < -0.4 is 5.73 Å². The van der Waals surface area contributed by atoms with Crippen LogP contribution in [0, 0.1) is 5.82 Å². The Bertz CT molecular complexity index is 628. The number of benzene rings is 1. The van der Waals surface area contributed by atoms with Crippen molar-refractivity contribution in [2.45, 2.75) is 51.2 Å². The summed E-state index contributed by atoms with van der Waals surface area (Å²) in [5.74, 6) is -0.144. The van der Waals surface area contributed by atoms with Crippen LogP contribution in [0.4, 0.5) is 4.39 Å². The number of thiophene rings is 1. The van der Waals surface area contributed by atoms with E-state index in [9.17, 15) is 9.50 Å². The summed E-state index contributed by atoms with van der Waals surface area (Å²) in [5, 5.41) is 9.18. The Labute approximate surface area is 153 Å². The molecule has 0 radical (unpaired) electrons. The number of unbranched alkanes of at least 4 members (excludes halogenated alkanes) is 1. The van der Waals surface area contributed by atoms with E-state index >= 15 is 0 Å². The van der Waals surface area contributed by atoms with E-state index in [2.05, 4.69) is 12.1 Å². The molecule has 3 nitrogen and oxygen atoms in total. The van der Waals surface area contributed by atoms with Gasteiger partial charge in [-0.05, 0) is 50.7 Å². The molecule has 0 spiro atoms. The summed E-state index contributed by atoms with van der Waals surface area (Å²) in [6.07, 6.45) is 3.97. The van der Waals surface area contributed by atoms with Gasteiger partial charge in [-0.2, -0.15) is 0 Å². The molecule has 0 bridgehead atoms. The monoisotopic (exact) mass is 365 g/mol. The molecule has 1 atom stereocenters. The van der Waals surface area contributed by atoms with Crippen LogP contribution in [0.25, 0.3) is 0 Å². The Morgan fingerprint density at radius 1 is 1.20 bits per heavy atom. The van der Waals surface area contributed by atoms with Crippen molar-refractivity contribution in [3.05, 3.63) is 57.5 Å². The molecular formula is C20H28FNO2S. The van der Waals surface area contributed by atoms with Crippen LogP contribution in [0.2, 0.25) is 0 Å². The zero-order valence-corrected chi connectivity index (χ0v) is 15.7. The summed E-state index contributed by atoms with van der Waals surface area (Å²) in [7, 11) is 0. The molecule has 2 rings (SSSR count). The molecule has 5 heteroatoms. The summed E-state index contributed by atoms with van der Waals surface area (Å²) in [6.45, 7) is 3.06. The lowest BCUT2D eigenvalue weighted by Crippen LogP contribution is -2.40. The number of halogens is 1. The first-order valence-corrected chi connectivity index (χ1v) is 9.60. The Kier molecular flexibility index (Phi) is 8.03. The van der Waals surface area contributed by atoms with E-state index in [1.165, 1.54) is 16.9 Å². The molecule has 1 aromatic heterocycles. The maximum absolute atomic E-state index is 14.0. The summed E-state index contributed by atoms with van der Waals surface area (Å²) >= 11 is 1.52. The van der Waals surface area contributed by atoms with Crippen molar-refractivity contribution in [2.75, 3.05) is 13.2 Å². The van der Waals surface area contributed by atoms with Crippen molar-refractivity contribution >= 4 is 11.3 Å². The minimum absolute atomic E-state index is 0.0875. The van der Waals surface area contributed by atoms with Gasteiger partial charge in [-0.25, -0.2) is 4.39 Å². The fourth-order valence-electron chi connectivity index (χ4n) is 2.50. The van der Waals surface area contributed by atoms with Gasteiger partial charge in [0.2, 0.25) is 0 Å². The number of hydrogen-bond donors (Lipinski definition) is 2. The van der Waals surface area contributed by atoms with Crippen LogP contribution in [-0.2, 0) is 24.2 Å². The third kappa shape index (κ3) is 7.24. The summed E-state index contributed by atoms with van der Waals surface area (Å²) in [4.78, 5) is 1.80. The summed E-state index contributed by atoms with van der Waals surface area (Å²) < 4.78 is 19.7. The fraction of sp³-hybridized carbons (Fsp3) is 0.500. The lowest BCUT2D eigenvalue weighted by molar-refractivity contribution is 0.117. The van der Waals surface area contributed by atoms with E-state index in [1.807, 2.05) is 18.2 Å². The predicted molar refractivity (Wildman–Crippen MR) is 101 cm³/mol. The number of rotatable bonds is 11. The molecule has 25 heavy (non-hydrogen) atoms. The van der Waals surface area contributed by atoms with Gasteiger partial charge >= 0.3 is 0 Å².